The first kappa shape index (κ1) is 19.7. The molecule has 3 rings (SSSR count). The lowest BCUT2D eigenvalue weighted by Gasteiger charge is -2.30. The molecular weight excluding hydrogens is 337 g/mol. The van der Waals surface area contributed by atoms with Gasteiger partial charge in [-0.2, -0.15) is 0 Å². The molecule has 0 saturated carbocycles. The van der Waals surface area contributed by atoms with E-state index in [0.29, 0.717) is 11.9 Å². The van der Waals surface area contributed by atoms with Crippen LogP contribution in [0.15, 0.2) is 28.7 Å². The van der Waals surface area contributed by atoms with E-state index in [-0.39, 0.29) is 37.4 Å². The molecule has 6 nitrogen and oxygen atoms in total. The average Bonchev–Trinajstić information content (AvgIpc) is 2.94. The Balaban J connectivity index is 0.00000132. The van der Waals surface area contributed by atoms with E-state index in [2.05, 4.69) is 51.6 Å². The highest BCUT2D eigenvalue weighted by molar-refractivity contribution is 5.85. The molecule has 0 fully saturated rings. The standard InChI is InChI=1S/C15H21N5O.2ClH/c1-11(17-15-19-18-14(8-16)21-15)9-20-7-6-12-4-2-3-5-13(12)10-20;;/h2-5,11H,6-10,16H2,1H3,(H,17,19);2*1H. The monoisotopic (exact) mass is 359 g/mol. The molecule has 128 valence electrons. The summed E-state index contributed by atoms with van der Waals surface area (Å²) < 4.78 is 5.37. The van der Waals surface area contributed by atoms with Crippen molar-refractivity contribution in [2.75, 3.05) is 18.4 Å². The molecule has 23 heavy (non-hydrogen) atoms. The first-order valence-electron chi connectivity index (χ1n) is 7.32. The molecule has 0 amide bonds. The van der Waals surface area contributed by atoms with Crippen LogP contribution >= 0.6 is 24.8 Å². The van der Waals surface area contributed by atoms with Crippen LogP contribution in [0, 0.1) is 0 Å². The lowest BCUT2D eigenvalue weighted by atomic mass is 10.00. The van der Waals surface area contributed by atoms with Gasteiger partial charge >= 0.3 is 6.01 Å². The van der Waals surface area contributed by atoms with Crippen molar-refractivity contribution < 1.29 is 4.42 Å². The van der Waals surface area contributed by atoms with E-state index >= 15 is 0 Å². The number of nitrogens with zero attached hydrogens (tertiary/aromatic N) is 3. The molecule has 1 aliphatic heterocycles. The maximum absolute atomic E-state index is 5.46. The zero-order chi connectivity index (χ0) is 14.7. The van der Waals surface area contributed by atoms with Gasteiger partial charge in [0.1, 0.15) is 0 Å². The topological polar surface area (TPSA) is 80.2 Å². The van der Waals surface area contributed by atoms with Crippen LogP contribution in [0.25, 0.3) is 0 Å². The molecule has 0 spiro atoms. The minimum atomic E-state index is 0. The van der Waals surface area contributed by atoms with Crippen molar-refractivity contribution >= 4 is 30.8 Å². The van der Waals surface area contributed by atoms with Crippen LogP contribution in [0.5, 0.6) is 0 Å². The Labute approximate surface area is 148 Å². The Morgan fingerprint density at radius 3 is 2.70 bits per heavy atom. The molecule has 1 aromatic heterocycles. The number of benzene rings is 1. The van der Waals surface area contributed by atoms with Gasteiger partial charge in [0.15, 0.2) is 0 Å². The van der Waals surface area contributed by atoms with Crippen molar-refractivity contribution in [2.24, 2.45) is 5.73 Å². The van der Waals surface area contributed by atoms with E-state index in [1.54, 1.807) is 0 Å². The highest BCUT2D eigenvalue weighted by Crippen LogP contribution is 2.19. The molecule has 0 aliphatic carbocycles. The van der Waals surface area contributed by atoms with Crippen LogP contribution in [-0.2, 0) is 19.5 Å². The Morgan fingerprint density at radius 1 is 1.26 bits per heavy atom. The fraction of sp³-hybridized carbons (Fsp3) is 0.467. The molecule has 0 bridgehead atoms. The molecule has 0 radical (unpaired) electrons. The van der Waals surface area contributed by atoms with Gasteiger partial charge in [-0.05, 0) is 24.5 Å². The van der Waals surface area contributed by atoms with Gasteiger partial charge in [-0.25, -0.2) is 0 Å². The second-order valence-corrected chi connectivity index (χ2v) is 5.50. The number of aromatic nitrogens is 2. The summed E-state index contributed by atoms with van der Waals surface area (Å²) in [4.78, 5) is 2.44. The summed E-state index contributed by atoms with van der Waals surface area (Å²) in [7, 11) is 0. The van der Waals surface area contributed by atoms with Crippen LogP contribution in [0.2, 0.25) is 0 Å². The van der Waals surface area contributed by atoms with Crippen molar-refractivity contribution in [3.63, 3.8) is 0 Å². The molecule has 1 unspecified atom stereocenters. The number of hydrogen-bond donors (Lipinski definition) is 2. The summed E-state index contributed by atoms with van der Waals surface area (Å²) in [6, 6.07) is 9.34. The number of halogens is 2. The second kappa shape index (κ2) is 9.08. The summed E-state index contributed by atoms with van der Waals surface area (Å²) >= 11 is 0. The maximum Gasteiger partial charge on any atom is 0.315 e. The van der Waals surface area contributed by atoms with E-state index in [4.69, 9.17) is 10.2 Å². The molecule has 8 heteroatoms. The van der Waals surface area contributed by atoms with Gasteiger partial charge in [-0.3, -0.25) is 4.90 Å². The summed E-state index contributed by atoms with van der Waals surface area (Å²) in [5.41, 5.74) is 8.36. The Bertz CT molecular complexity index is 607. The molecule has 1 aromatic carbocycles. The number of rotatable bonds is 5. The summed E-state index contributed by atoms with van der Waals surface area (Å²) in [6.07, 6.45) is 1.11. The van der Waals surface area contributed by atoms with Gasteiger partial charge in [-0.15, -0.1) is 29.9 Å². The van der Waals surface area contributed by atoms with E-state index in [9.17, 15) is 0 Å². The third kappa shape index (κ3) is 5.07. The smallest absolute Gasteiger partial charge is 0.315 e. The van der Waals surface area contributed by atoms with E-state index in [0.717, 1.165) is 26.1 Å². The Hall–Kier alpha value is -1.34. The quantitative estimate of drug-likeness (QED) is 0.851. The van der Waals surface area contributed by atoms with Crippen LogP contribution < -0.4 is 11.1 Å². The average molecular weight is 360 g/mol. The van der Waals surface area contributed by atoms with Gasteiger partial charge in [-0.1, -0.05) is 29.4 Å². The van der Waals surface area contributed by atoms with Crippen molar-refractivity contribution in [1.82, 2.24) is 15.1 Å². The van der Waals surface area contributed by atoms with E-state index in [1.807, 2.05) is 0 Å². The third-order valence-electron chi connectivity index (χ3n) is 3.75. The number of nitrogens with two attached hydrogens (primary N) is 1. The van der Waals surface area contributed by atoms with E-state index < -0.39 is 0 Å². The molecule has 3 N–H and O–H groups in total. The first-order valence-corrected chi connectivity index (χ1v) is 7.32. The second-order valence-electron chi connectivity index (χ2n) is 5.50. The van der Waals surface area contributed by atoms with Crippen LogP contribution in [0.1, 0.15) is 23.9 Å². The normalized spacial score (nSPS) is 15.0. The molecule has 1 aliphatic rings. The summed E-state index contributed by atoms with van der Waals surface area (Å²) in [5.74, 6) is 0.455. The number of fused-ring (bicyclic) bond motifs is 1. The first-order chi connectivity index (χ1) is 10.2. The van der Waals surface area contributed by atoms with Crippen molar-refractivity contribution in [2.45, 2.75) is 32.5 Å². The minimum Gasteiger partial charge on any atom is -0.407 e. The fourth-order valence-corrected chi connectivity index (χ4v) is 2.75. The largest absolute Gasteiger partial charge is 0.407 e. The van der Waals surface area contributed by atoms with Crippen molar-refractivity contribution in [3.8, 4) is 0 Å². The van der Waals surface area contributed by atoms with Gasteiger partial charge in [0.25, 0.3) is 0 Å². The lowest BCUT2D eigenvalue weighted by molar-refractivity contribution is 0.246. The molecule has 1 atom stereocenters. The molecule has 0 saturated heterocycles. The molecule has 2 aromatic rings. The van der Waals surface area contributed by atoms with Crippen LogP contribution in [0.4, 0.5) is 6.01 Å². The number of anilines is 1. The molecule has 2 heterocycles. The zero-order valence-corrected chi connectivity index (χ0v) is 14.7. The Morgan fingerprint density at radius 2 is 2.00 bits per heavy atom. The maximum atomic E-state index is 5.46. The highest BCUT2D eigenvalue weighted by atomic mass is 35.5. The lowest BCUT2D eigenvalue weighted by Crippen LogP contribution is -2.38. The van der Waals surface area contributed by atoms with Gasteiger partial charge in [0, 0.05) is 25.7 Å². The summed E-state index contributed by atoms with van der Waals surface area (Å²) in [6.45, 7) is 5.41. The van der Waals surface area contributed by atoms with Crippen molar-refractivity contribution in [1.29, 1.82) is 0 Å². The van der Waals surface area contributed by atoms with Crippen molar-refractivity contribution in [3.05, 3.63) is 41.3 Å². The third-order valence-corrected chi connectivity index (χ3v) is 3.75. The van der Waals surface area contributed by atoms with Gasteiger partial charge < -0.3 is 15.5 Å². The fourth-order valence-electron chi connectivity index (χ4n) is 2.75. The van der Waals surface area contributed by atoms with Crippen LogP contribution in [-0.4, -0.2) is 34.2 Å². The molecular formula is C15H23Cl2N5O. The SMILES string of the molecule is CC(CN1CCc2ccccc2C1)Nc1nnc(CN)o1.Cl.Cl. The predicted molar refractivity (Wildman–Crippen MR) is 95.2 cm³/mol. The number of nitrogens with one attached hydrogen (secondary N) is 1. The zero-order valence-electron chi connectivity index (χ0n) is 13.1. The number of hydrogen-bond acceptors (Lipinski definition) is 6. The highest BCUT2D eigenvalue weighted by Gasteiger charge is 2.18. The van der Waals surface area contributed by atoms with Gasteiger partial charge in [0.2, 0.25) is 5.89 Å². The predicted octanol–water partition coefficient (Wildman–Crippen LogP) is 2.23. The minimum absolute atomic E-state index is 0. The summed E-state index contributed by atoms with van der Waals surface area (Å²) in [5, 5.41) is 11.0. The van der Waals surface area contributed by atoms with E-state index in [1.165, 1.54) is 11.1 Å². The van der Waals surface area contributed by atoms with Gasteiger partial charge in [0.05, 0.1) is 6.54 Å². The van der Waals surface area contributed by atoms with Crippen LogP contribution in [0.3, 0.4) is 0 Å². The Kier molecular flexibility index (Phi) is 7.78.